The van der Waals surface area contributed by atoms with Crippen LogP contribution >= 0.6 is 0 Å². The van der Waals surface area contributed by atoms with Gasteiger partial charge in [-0.15, -0.1) is 0 Å². The third kappa shape index (κ3) is 4.43. The van der Waals surface area contributed by atoms with Crippen LogP contribution in [0.3, 0.4) is 0 Å². The molecule has 0 aromatic heterocycles. The predicted molar refractivity (Wildman–Crippen MR) is 62.7 cm³/mol. The number of nitrogens with zero attached hydrogens (tertiary/aromatic N) is 1. The van der Waals surface area contributed by atoms with Crippen LogP contribution in [0.1, 0.15) is 45.4 Å². The van der Waals surface area contributed by atoms with E-state index in [1.807, 2.05) is 7.05 Å². The Balaban J connectivity index is 2.16. The van der Waals surface area contributed by atoms with Gasteiger partial charge in [0, 0.05) is 6.04 Å². The molecule has 1 saturated heterocycles. The monoisotopic (exact) mass is 198 g/mol. The van der Waals surface area contributed by atoms with Crippen molar-refractivity contribution >= 4 is 0 Å². The first kappa shape index (κ1) is 12.0. The van der Waals surface area contributed by atoms with Crippen molar-refractivity contribution in [1.29, 1.82) is 0 Å². The van der Waals surface area contributed by atoms with Crippen LogP contribution in [0.2, 0.25) is 0 Å². The number of hydrogen-bond donors (Lipinski definition) is 1. The highest BCUT2D eigenvalue weighted by Crippen LogP contribution is 2.14. The molecule has 0 aliphatic carbocycles. The van der Waals surface area contributed by atoms with E-state index in [0.717, 1.165) is 12.6 Å². The zero-order valence-corrected chi connectivity index (χ0v) is 9.89. The lowest BCUT2D eigenvalue weighted by molar-refractivity contribution is 0.205. The molecule has 14 heavy (non-hydrogen) atoms. The average molecular weight is 198 g/mol. The molecule has 2 nitrogen and oxygen atoms in total. The summed E-state index contributed by atoms with van der Waals surface area (Å²) in [6.07, 6.45) is 8.38. The average Bonchev–Trinajstić information content (AvgIpc) is 2.46. The van der Waals surface area contributed by atoms with Gasteiger partial charge in [0.1, 0.15) is 0 Å². The third-order valence-corrected chi connectivity index (χ3v) is 3.31. The Hall–Kier alpha value is -0.0800. The minimum Gasteiger partial charge on any atom is -0.320 e. The second kappa shape index (κ2) is 7.24. The van der Waals surface area contributed by atoms with E-state index in [9.17, 15) is 0 Å². The van der Waals surface area contributed by atoms with Gasteiger partial charge in [0.2, 0.25) is 0 Å². The first-order valence-corrected chi connectivity index (χ1v) is 6.23. The topological polar surface area (TPSA) is 15.3 Å². The molecule has 0 spiro atoms. The Morgan fingerprint density at radius 2 is 1.79 bits per heavy atom. The molecule has 1 atom stereocenters. The van der Waals surface area contributed by atoms with Crippen LogP contribution in [-0.4, -0.2) is 37.6 Å². The van der Waals surface area contributed by atoms with Crippen molar-refractivity contribution < 1.29 is 0 Å². The molecular formula is C12H26N2. The second-order valence-corrected chi connectivity index (χ2v) is 4.54. The van der Waals surface area contributed by atoms with E-state index in [2.05, 4.69) is 17.1 Å². The lowest BCUT2D eigenvalue weighted by Crippen LogP contribution is -2.34. The summed E-state index contributed by atoms with van der Waals surface area (Å²) in [5.41, 5.74) is 0. The van der Waals surface area contributed by atoms with Gasteiger partial charge < -0.3 is 10.2 Å². The number of hydrogen-bond acceptors (Lipinski definition) is 2. The minimum atomic E-state index is 0.793. The molecule has 0 radical (unpaired) electrons. The number of likely N-dealkylation sites (tertiary alicyclic amines) is 1. The molecule has 1 aliphatic heterocycles. The summed E-state index contributed by atoms with van der Waals surface area (Å²) in [6, 6.07) is 0.793. The minimum absolute atomic E-state index is 0.793. The van der Waals surface area contributed by atoms with Crippen molar-refractivity contribution in [2.45, 2.75) is 51.5 Å². The van der Waals surface area contributed by atoms with Crippen LogP contribution in [0.4, 0.5) is 0 Å². The maximum atomic E-state index is 3.22. The molecule has 0 aromatic rings. The largest absolute Gasteiger partial charge is 0.320 e. The smallest absolute Gasteiger partial charge is 0.00674 e. The summed E-state index contributed by atoms with van der Waals surface area (Å²) in [7, 11) is 2.04. The molecular weight excluding hydrogens is 172 g/mol. The van der Waals surface area contributed by atoms with E-state index in [-0.39, 0.29) is 0 Å². The fourth-order valence-corrected chi connectivity index (χ4v) is 2.29. The SMILES string of the molecule is CNCCCC(C)N1CCCCCC1. The van der Waals surface area contributed by atoms with Crippen molar-refractivity contribution in [3.05, 3.63) is 0 Å². The van der Waals surface area contributed by atoms with E-state index >= 15 is 0 Å². The van der Waals surface area contributed by atoms with Crippen LogP contribution < -0.4 is 5.32 Å². The predicted octanol–water partition coefficient (Wildman–Crippen LogP) is 2.25. The van der Waals surface area contributed by atoms with Gasteiger partial charge in [0.15, 0.2) is 0 Å². The highest BCUT2D eigenvalue weighted by molar-refractivity contribution is 4.70. The Morgan fingerprint density at radius 1 is 1.14 bits per heavy atom. The first-order chi connectivity index (χ1) is 6.84. The lowest BCUT2D eigenvalue weighted by atomic mass is 10.1. The summed E-state index contributed by atoms with van der Waals surface area (Å²) in [4.78, 5) is 2.68. The molecule has 0 bridgehead atoms. The van der Waals surface area contributed by atoms with E-state index in [4.69, 9.17) is 0 Å². The second-order valence-electron chi connectivity index (χ2n) is 4.54. The van der Waals surface area contributed by atoms with E-state index in [1.54, 1.807) is 0 Å². The van der Waals surface area contributed by atoms with Crippen molar-refractivity contribution in [2.75, 3.05) is 26.7 Å². The molecule has 0 saturated carbocycles. The first-order valence-electron chi connectivity index (χ1n) is 6.23. The van der Waals surface area contributed by atoms with E-state index in [0.29, 0.717) is 0 Å². The zero-order valence-electron chi connectivity index (χ0n) is 9.89. The molecule has 1 aliphatic rings. The number of rotatable bonds is 5. The molecule has 1 N–H and O–H groups in total. The highest BCUT2D eigenvalue weighted by atomic mass is 15.1. The van der Waals surface area contributed by atoms with Gasteiger partial charge in [-0.05, 0) is 59.3 Å². The van der Waals surface area contributed by atoms with Gasteiger partial charge in [-0.2, -0.15) is 0 Å². The normalized spacial score (nSPS) is 21.9. The fourth-order valence-electron chi connectivity index (χ4n) is 2.29. The maximum absolute atomic E-state index is 3.22. The van der Waals surface area contributed by atoms with Crippen molar-refractivity contribution in [2.24, 2.45) is 0 Å². The summed E-state index contributed by atoms with van der Waals surface area (Å²) >= 11 is 0. The maximum Gasteiger partial charge on any atom is 0.00674 e. The summed E-state index contributed by atoms with van der Waals surface area (Å²) in [6.45, 7) is 6.22. The molecule has 84 valence electrons. The Kier molecular flexibility index (Phi) is 6.20. The van der Waals surface area contributed by atoms with Gasteiger partial charge in [0.05, 0.1) is 0 Å². The molecule has 1 fully saturated rings. The van der Waals surface area contributed by atoms with Gasteiger partial charge in [-0.3, -0.25) is 0 Å². The molecule has 1 rings (SSSR count). The zero-order chi connectivity index (χ0) is 10.2. The van der Waals surface area contributed by atoms with Gasteiger partial charge in [-0.1, -0.05) is 12.8 Å². The standard InChI is InChI=1S/C12H26N2/c1-12(8-7-9-13-2)14-10-5-3-4-6-11-14/h12-13H,3-11H2,1-2H3. The van der Waals surface area contributed by atoms with Crippen LogP contribution in [-0.2, 0) is 0 Å². The van der Waals surface area contributed by atoms with Crippen LogP contribution in [0, 0.1) is 0 Å². The van der Waals surface area contributed by atoms with Crippen LogP contribution in [0.5, 0.6) is 0 Å². The molecule has 1 unspecified atom stereocenters. The van der Waals surface area contributed by atoms with Crippen molar-refractivity contribution in [3.63, 3.8) is 0 Å². The van der Waals surface area contributed by atoms with E-state index in [1.165, 1.54) is 51.6 Å². The molecule has 2 heteroatoms. The summed E-state index contributed by atoms with van der Waals surface area (Å²) < 4.78 is 0. The quantitative estimate of drug-likeness (QED) is 0.682. The van der Waals surface area contributed by atoms with Crippen molar-refractivity contribution in [1.82, 2.24) is 10.2 Å². The van der Waals surface area contributed by atoms with Crippen molar-refractivity contribution in [3.8, 4) is 0 Å². The molecule has 0 amide bonds. The van der Waals surface area contributed by atoms with Gasteiger partial charge in [0.25, 0.3) is 0 Å². The number of nitrogens with one attached hydrogen (secondary N) is 1. The third-order valence-electron chi connectivity index (χ3n) is 3.31. The summed E-state index contributed by atoms with van der Waals surface area (Å²) in [5.74, 6) is 0. The lowest BCUT2D eigenvalue weighted by Gasteiger charge is -2.27. The Bertz CT molecular complexity index is 128. The highest BCUT2D eigenvalue weighted by Gasteiger charge is 2.14. The Morgan fingerprint density at radius 3 is 2.36 bits per heavy atom. The van der Waals surface area contributed by atoms with Gasteiger partial charge >= 0.3 is 0 Å². The fraction of sp³-hybridized carbons (Fsp3) is 1.00. The Labute approximate surface area is 89.1 Å². The van der Waals surface area contributed by atoms with Crippen LogP contribution in [0.15, 0.2) is 0 Å². The van der Waals surface area contributed by atoms with Gasteiger partial charge in [-0.25, -0.2) is 0 Å². The van der Waals surface area contributed by atoms with Crippen LogP contribution in [0.25, 0.3) is 0 Å². The molecule has 0 aromatic carbocycles. The summed E-state index contributed by atoms with van der Waals surface area (Å²) in [5, 5.41) is 3.22. The van der Waals surface area contributed by atoms with E-state index < -0.39 is 0 Å². The molecule has 1 heterocycles.